The lowest BCUT2D eigenvalue weighted by Crippen LogP contribution is -2.74. The molecule has 1 saturated carbocycles. The molecule has 1 heterocycles. The Morgan fingerprint density at radius 2 is 2.18 bits per heavy atom. The first-order valence-corrected chi connectivity index (χ1v) is 10.1. The molecule has 3 aliphatic rings. The molecule has 4 rings (SSSR count). The molecule has 1 aliphatic heterocycles. The summed E-state index contributed by atoms with van der Waals surface area (Å²) < 4.78 is 5.43. The van der Waals surface area contributed by atoms with Crippen molar-refractivity contribution in [1.82, 2.24) is 4.90 Å². The summed E-state index contributed by atoms with van der Waals surface area (Å²) in [5, 5.41) is 21.8. The van der Waals surface area contributed by atoms with Gasteiger partial charge in [-0.05, 0) is 62.5 Å². The number of carbonyl (C=O) groups is 2. The number of likely N-dealkylation sites (tertiary alicyclic amines) is 1. The summed E-state index contributed by atoms with van der Waals surface area (Å²) >= 11 is 0. The third-order valence-electron chi connectivity index (χ3n) is 7.71. The van der Waals surface area contributed by atoms with Crippen LogP contribution in [0.2, 0.25) is 0 Å². The van der Waals surface area contributed by atoms with E-state index in [1.165, 1.54) is 0 Å². The molecule has 1 aromatic rings. The highest BCUT2D eigenvalue weighted by atomic mass is 16.5. The fourth-order valence-electron chi connectivity index (χ4n) is 6.17. The van der Waals surface area contributed by atoms with E-state index in [0.29, 0.717) is 19.3 Å². The number of hydrogen-bond acceptors (Lipinski definition) is 5. The Morgan fingerprint density at radius 1 is 1.43 bits per heavy atom. The van der Waals surface area contributed by atoms with E-state index in [4.69, 9.17) is 4.74 Å². The van der Waals surface area contributed by atoms with E-state index >= 15 is 0 Å². The summed E-state index contributed by atoms with van der Waals surface area (Å²) in [6, 6.07) is 5.83. The van der Waals surface area contributed by atoms with Crippen LogP contribution in [0.4, 0.5) is 0 Å². The van der Waals surface area contributed by atoms with Gasteiger partial charge in [0.05, 0.1) is 18.6 Å². The molecule has 1 unspecified atom stereocenters. The van der Waals surface area contributed by atoms with Gasteiger partial charge in [-0.3, -0.25) is 9.59 Å². The number of nitrogens with zero attached hydrogens (tertiary/aromatic N) is 1. The molecule has 5 atom stereocenters. The number of aliphatic carboxylic acids is 1. The van der Waals surface area contributed by atoms with Crippen LogP contribution < -0.4 is 4.74 Å². The van der Waals surface area contributed by atoms with Gasteiger partial charge in [0, 0.05) is 23.8 Å². The fraction of sp³-hybridized carbons (Fsp3) is 0.636. The summed E-state index contributed by atoms with van der Waals surface area (Å²) in [4.78, 5) is 27.2. The van der Waals surface area contributed by atoms with Crippen LogP contribution in [0.15, 0.2) is 18.2 Å². The van der Waals surface area contributed by atoms with Crippen molar-refractivity contribution in [2.24, 2.45) is 11.8 Å². The van der Waals surface area contributed by atoms with Gasteiger partial charge in [-0.1, -0.05) is 13.0 Å². The maximum Gasteiger partial charge on any atom is 0.307 e. The average Bonchev–Trinajstić information content (AvgIpc) is 2.66. The number of likely N-dealkylation sites (N-methyl/N-ethyl adjacent to an activating group) is 1. The highest BCUT2D eigenvalue weighted by Crippen LogP contribution is 2.59. The number of hydrogen-bond donors (Lipinski definition) is 2. The van der Waals surface area contributed by atoms with E-state index in [9.17, 15) is 19.8 Å². The van der Waals surface area contributed by atoms with Crippen molar-refractivity contribution in [2.75, 3.05) is 20.7 Å². The molecular weight excluding hydrogens is 358 g/mol. The second-order valence-corrected chi connectivity index (χ2v) is 8.79. The quantitative estimate of drug-likeness (QED) is 0.822. The molecule has 28 heavy (non-hydrogen) atoms. The van der Waals surface area contributed by atoms with Crippen LogP contribution in [0.25, 0.3) is 0 Å². The first-order chi connectivity index (χ1) is 13.3. The Kier molecular flexibility index (Phi) is 4.55. The Hall–Kier alpha value is -1.92. The molecule has 0 aromatic heterocycles. The van der Waals surface area contributed by atoms with Gasteiger partial charge in [-0.25, -0.2) is 0 Å². The summed E-state index contributed by atoms with van der Waals surface area (Å²) in [7, 11) is 3.63. The normalized spacial score (nSPS) is 35.6. The number of piperidine rings is 1. The molecule has 6 heteroatoms. The second kappa shape index (κ2) is 6.56. The highest BCUT2D eigenvalue weighted by Gasteiger charge is 2.66. The SMILES string of the molecule is CCC(C(=O)O)[C@H]1C[C@@]2(O)[C@H]3Cc4ccc(OC)cc4[C@@]2(CCN3C)CC1=O. The average molecular weight is 387 g/mol. The number of carboxylic acid groups (broad SMARTS) is 1. The topological polar surface area (TPSA) is 87.1 Å². The predicted octanol–water partition coefficient (Wildman–Crippen LogP) is 2.01. The number of carbonyl (C=O) groups excluding carboxylic acids is 1. The van der Waals surface area contributed by atoms with Crippen LogP contribution in [0.1, 0.15) is 43.7 Å². The molecule has 0 spiro atoms. The van der Waals surface area contributed by atoms with Crippen molar-refractivity contribution in [3.63, 3.8) is 0 Å². The van der Waals surface area contributed by atoms with Gasteiger partial charge >= 0.3 is 5.97 Å². The van der Waals surface area contributed by atoms with Gasteiger partial charge in [-0.15, -0.1) is 0 Å². The van der Waals surface area contributed by atoms with Crippen molar-refractivity contribution >= 4 is 11.8 Å². The molecule has 2 aliphatic carbocycles. The first-order valence-electron chi connectivity index (χ1n) is 10.1. The molecule has 0 radical (unpaired) electrons. The first kappa shape index (κ1) is 19.4. The van der Waals surface area contributed by atoms with Gasteiger partial charge in [0.15, 0.2) is 0 Å². The summed E-state index contributed by atoms with van der Waals surface area (Å²) in [6.45, 7) is 2.60. The minimum Gasteiger partial charge on any atom is -0.497 e. The third kappa shape index (κ3) is 2.47. The lowest BCUT2D eigenvalue weighted by molar-refractivity contribution is -0.184. The number of aliphatic hydroxyl groups is 1. The standard InChI is InChI=1S/C22H29NO5/c1-4-15(20(25)26)16-11-22(27)19-9-13-5-6-14(28-3)10-17(13)21(22,12-18(16)24)7-8-23(19)2/h5-6,10,15-16,19,27H,4,7-9,11-12H2,1-3H3,(H,25,26)/t15?,16-,19-,21-,22-/m1/s1. The van der Waals surface area contributed by atoms with Crippen LogP contribution in [0, 0.1) is 11.8 Å². The van der Waals surface area contributed by atoms with Gasteiger partial charge in [0.25, 0.3) is 0 Å². The Bertz CT molecular complexity index is 823. The lowest BCUT2D eigenvalue weighted by Gasteiger charge is -2.64. The lowest BCUT2D eigenvalue weighted by atomic mass is 9.47. The maximum atomic E-state index is 13.2. The number of methoxy groups -OCH3 is 1. The zero-order valence-electron chi connectivity index (χ0n) is 16.8. The minimum atomic E-state index is -1.12. The number of rotatable bonds is 4. The monoisotopic (exact) mass is 387 g/mol. The molecule has 2 bridgehead atoms. The zero-order chi connectivity index (χ0) is 20.3. The molecule has 1 aromatic carbocycles. The molecule has 2 N–H and O–H groups in total. The number of ketones is 1. The van der Waals surface area contributed by atoms with Crippen molar-refractivity contribution < 1.29 is 24.5 Å². The summed E-state index contributed by atoms with van der Waals surface area (Å²) in [5.41, 5.74) is 0.365. The maximum absolute atomic E-state index is 13.2. The molecule has 0 amide bonds. The van der Waals surface area contributed by atoms with E-state index in [-0.39, 0.29) is 24.7 Å². The van der Waals surface area contributed by atoms with Crippen molar-refractivity contribution in [3.8, 4) is 5.75 Å². The molecule has 1 saturated heterocycles. The van der Waals surface area contributed by atoms with E-state index in [1.807, 2.05) is 25.2 Å². The number of ether oxygens (including phenoxy) is 1. The Morgan fingerprint density at radius 3 is 2.82 bits per heavy atom. The van der Waals surface area contributed by atoms with E-state index in [1.54, 1.807) is 14.0 Å². The smallest absolute Gasteiger partial charge is 0.307 e. The number of carboxylic acids is 1. The van der Waals surface area contributed by atoms with Crippen LogP contribution in [0.5, 0.6) is 5.75 Å². The Labute approximate surface area is 165 Å². The van der Waals surface area contributed by atoms with Crippen LogP contribution in [-0.2, 0) is 21.4 Å². The number of benzene rings is 1. The zero-order valence-corrected chi connectivity index (χ0v) is 16.8. The highest BCUT2D eigenvalue weighted by molar-refractivity contribution is 5.89. The van der Waals surface area contributed by atoms with E-state index in [2.05, 4.69) is 4.90 Å². The van der Waals surface area contributed by atoms with E-state index in [0.717, 1.165) is 23.4 Å². The number of Topliss-reactive ketones (excluding diaryl/α,β-unsaturated/α-hetero) is 1. The molecule has 6 nitrogen and oxygen atoms in total. The van der Waals surface area contributed by atoms with E-state index < -0.39 is 28.8 Å². The van der Waals surface area contributed by atoms with Gasteiger partial charge in [-0.2, -0.15) is 0 Å². The van der Waals surface area contributed by atoms with Crippen molar-refractivity contribution in [3.05, 3.63) is 29.3 Å². The summed E-state index contributed by atoms with van der Waals surface area (Å²) in [5.74, 6) is -1.64. The van der Waals surface area contributed by atoms with Crippen molar-refractivity contribution in [1.29, 1.82) is 0 Å². The van der Waals surface area contributed by atoms with Gasteiger partial charge in [0.2, 0.25) is 0 Å². The van der Waals surface area contributed by atoms with Crippen LogP contribution >= 0.6 is 0 Å². The minimum absolute atomic E-state index is 0.0297. The second-order valence-electron chi connectivity index (χ2n) is 8.79. The van der Waals surface area contributed by atoms with Gasteiger partial charge < -0.3 is 19.8 Å². The van der Waals surface area contributed by atoms with Crippen LogP contribution in [-0.4, -0.2) is 59.2 Å². The summed E-state index contributed by atoms with van der Waals surface area (Å²) in [6.07, 6.45) is 2.17. The largest absolute Gasteiger partial charge is 0.497 e. The number of fused-ring (bicyclic) bond motifs is 1. The molecular formula is C22H29NO5. The van der Waals surface area contributed by atoms with Crippen molar-refractivity contribution in [2.45, 2.75) is 56.1 Å². The predicted molar refractivity (Wildman–Crippen MR) is 104 cm³/mol. The van der Waals surface area contributed by atoms with Crippen LogP contribution in [0.3, 0.4) is 0 Å². The third-order valence-corrected chi connectivity index (χ3v) is 7.71. The molecule has 2 fully saturated rings. The fourth-order valence-corrected chi connectivity index (χ4v) is 6.17. The van der Waals surface area contributed by atoms with Gasteiger partial charge in [0.1, 0.15) is 11.5 Å². The molecule has 152 valence electrons. The Balaban J connectivity index is 1.86.